The lowest BCUT2D eigenvalue weighted by atomic mass is 9.98. The second-order valence-electron chi connectivity index (χ2n) is 5.41. The van der Waals surface area contributed by atoms with Crippen molar-refractivity contribution >= 4 is 11.3 Å². The summed E-state index contributed by atoms with van der Waals surface area (Å²) in [5.74, 6) is 0. The Labute approximate surface area is 115 Å². The van der Waals surface area contributed by atoms with Gasteiger partial charge in [-0.1, -0.05) is 12.5 Å². The minimum atomic E-state index is 0.530. The lowest BCUT2D eigenvalue weighted by molar-refractivity contribution is 0.522. The standard InChI is InChI=1S/C16H25NS/c1-4-17-14(10-9-12(2)3)16-11-13-7-5-6-8-15(13)18-16/h11,14,17H,2,4-10H2,1,3H3. The average Bonchev–Trinajstić information content (AvgIpc) is 2.77. The van der Waals surface area contributed by atoms with Gasteiger partial charge < -0.3 is 5.32 Å². The van der Waals surface area contributed by atoms with Crippen LogP contribution in [0.3, 0.4) is 0 Å². The molecule has 0 saturated carbocycles. The van der Waals surface area contributed by atoms with Gasteiger partial charge in [0.25, 0.3) is 0 Å². The van der Waals surface area contributed by atoms with Crippen molar-refractivity contribution < 1.29 is 0 Å². The van der Waals surface area contributed by atoms with E-state index in [0.717, 1.165) is 13.0 Å². The number of fused-ring (bicyclic) bond motifs is 1. The molecule has 1 aromatic rings. The molecule has 0 bridgehead atoms. The fourth-order valence-corrected chi connectivity index (χ4v) is 4.04. The van der Waals surface area contributed by atoms with Crippen LogP contribution in [0, 0.1) is 0 Å². The van der Waals surface area contributed by atoms with Crippen molar-refractivity contribution in [3.63, 3.8) is 0 Å². The molecule has 0 saturated heterocycles. The van der Waals surface area contributed by atoms with Crippen LogP contribution < -0.4 is 5.32 Å². The van der Waals surface area contributed by atoms with Crippen molar-refractivity contribution in [1.29, 1.82) is 0 Å². The van der Waals surface area contributed by atoms with Crippen molar-refractivity contribution in [2.24, 2.45) is 0 Å². The molecule has 1 aromatic heterocycles. The van der Waals surface area contributed by atoms with E-state index in [1.165, 1.54) is 37.7 Å². The topological polar surface area (TPSA) is 12.0 Å². The van der Waals surface area contributed by atoms with Gasteiger partial charge in [-0.2, -0.15) is 0 Å². The monoisotopic (exact) mass is 263 g/mol. The third-order valence-corrected chi connectivity index (χ3v) is 5.02. The first-order chi connectivity index (χ1) is 8.70. The maximum Gasteiger partial charge on any atom is 0.0417 e. The smallest absolute Gasteiger partial charge is 0.0417 e. The summed E-state index contributed by atoms with van der Waals surface area (Å²) >= 11 is 2.04. The van der Waals surface area contributed by atoms with E-state index in [1.54, 1.807) is 15.3 Å². The molecule has 100 valence electrons. The second-order valence-corrected chi connectivity index (χ2v) is 6.58. The molecule has 0 fully saturated rings. The summed E-state index contributed by atoms with van der Waals surface area (Å²) in [6.45, 7) is 9.39. The summed E-state index contributed by atoms with van der Waals surface area (Å²) in [6.07, 6.45) is 7.67. The van der Waals surface area contributed by atoms with E-state index in [4.69, 9.17) is 0 Å². The van der Waals surface area contributed by atoms with Crippen LogP contribution in [-0.4, -0.2) is 6.54 Å². The number of rotatable bonds is 6. The van der Waals surface area contributed by atoms with Crippen molar-refractivity contribution in [3.05, 3.63) is 33.5 Å². The molecule has 1 aliphatic carbocycles. The molecule has 0 aliphatic heterocycles. The molecule has 0 spiro atoms. The second kappa shape index (κ2) is 6.53. The molecule has 1 unspecified atom stereocenters. The quantitative estimate of drug-likeness (QED) is 0.738. The Balaban J connectivity index is 2.09. The fraction of sp³-hybridized carbons (Fsp3) is 0.625. The molecule has 1 nitrogen and oxygen atoms in total. The molecular weight excluding hydrogens is 238 g/mol. The van der Waals surface area contributed by atoms with Crippen LogP contribution in [0.4, 0.5) is 0 Å². The molecule has 0 amide bonds. The van der Waals surface area contributed by atoms with Crippen LogP contribution in [-0.2, 0) is 12.8 Å². The van der Waals surface area contributed by atoms with E-state index >= 15 is 0 Å². The predicted octanol–water partition coefficient (Wildman–Crippen LogP) is 4.63. The first-order valence-corrected chi connectivity index (χ1v) is 8.01. The zero-order valence-corrected chi connectivity index (χ0v) is 12.5. The molecule has 0 radical (unpaired) electrons. The highest BCUT2D eigenvalue weighted by molar-refractivity contribution is 7.12. The maximum atomic E-state index is 4.02. The van der Waals surface area contributed by atoms with E-state index in [2.05, 4.69) is 31.8 Å². The molecule has 1 atom stereocenters. The van der Waals surface area contributed by atoms with Crippen molar-refractivity contribution in [3.8, 4) is 0 Å². The molecule has 0 aromatic carbocycles. The van der Waals surface area contributed by atoms with Crippen LogP contribution in [0.15, 0.2) is 18.2 Å². The van der Waals surface area contributed by atoms with E-state index in [9.17, 15) is 0 Å². The fourth-order valence-electron chi connectivity index (χ4n) is 2.67. The Kier molecular flexibility index (Phi) is 5.02. The zero-order valence-electron chi connectivity index (χ0n) is 11.7. The third kappa shape index (κ3) is 3.46. The Morgan fingerprint density at radius 1 is 1.44 bits per heavy atom. The minimum Gasteiger partial charge on any atom is -0.310 e. The maximum absolute atomic E-state index is 4.02. The molecule has 2 rings (SSSR count). The van der Waals surface area contributed by atoms with E-state index in [0.29, 0.717) is 6.04 Å². The van der Waals surface area contributed by atoms with Gasteiger partial charge in [-0.15, -0.1) is 17.9 Å². The average molecular weight is 263 g/mol. The van der Waals surface area contributed by atoms with Crippen molar-refractivity contribution in [2.45, 2.75) is 58.4 Å². The SMILES string of the molecule is C=C(C)CCC(NCC)c1cc2c(s1)CCCC2. The highest BCUT2D eigenvalue weighted by atomic mass is 32.1. The Morgan fingerprint density at radius 3 is 2.89 bits per heavy atom. The highest BCUT2D eigenvalue weighted by Crippen LogP contribution is 2.34. The summed E-state index contributed by atoms with van der Waals surface area (Å²) in [6, 6.07) is 2.99. The normalized spacial score (nSPS) is 16.3. The summed E-state index contributed by atoms with van der Waals surface area (Å²) in [7, 11) is 0. The van der Waals surface area contributed by atoms with Gasteiger partial charge >= 0.3 is 0 Å². The number of nitrogens with one attached hydrogen (secondary N) is 1. The lowest BCUT2D eigenvalue weighted by Crippen LogP contribution is -2.19. The van der Waals surface area contributed by atoms with Crippen molar-refractivity contribution in [1.82, 2.24) is 5.32 Å². The number of hydrogen-bond donors (Lipinski definition) is 1. The molecule has 1 heterocycles. The zero-order chi connectivity index (χ0) is 13.0. The van der Waals surface area contributed by atoms with Gasteiger partial charge in [-0.25, -0.2) is 0 Å². The van der Waals surface area contributed by atoms with Crippen LogP contribution >= 0.6 is 11.3 Å². The van der Waals surface area contributed by atoms with Gasteiger partial charge in [0.1, 0.15) is 0 Å². The third-order valence-electron chi connectivity index (χ3n) is 3.67. The van der Waals surface area contributed by atoms with E-state index < -0.39 is 0 Å². The lowest BCUT2D eigenvalue weighted by Gasteiger charge is -2.16. The largest absolute Gasteiger partial charge is 0.310 e. The van der Waals surface area contributed by atoms with Crippen molar-refractivity contribution in [2.75, 3.05) is 6.54 Å². The number of allylic oxidation sites excluding steroid dienone is 1. The Bertz CT molecular complexity index is 382. The molecule has 18 heavy (non-hydrogen) atoms. The summed E-state index contributed by atoms with van der Waals surface area (Å²) in [5, 5.41) is 3.63. The Hall–Kier alpha value is -0.600. The van der Waals surface area contributed by atoms with Gasteiger partial charge in [0.15, 0.2) is 0 Å². The predicted molar refractivity (Wildman–Crippen MR) is 81.4 cm³/mol. The van der Waals surface area contributed by atoms with Gasteiger partial charge in [-0.3, -0.25) is 0 Å². The van der Waals surface area contributed by atoms with Gasteiger partial charge in [0.2, 0.25) is 0 Å². The van der Waals surface area contributed by atoms with E-state index in [-0.39, 0.29) is 0 Å². The molecule has 2 heteroatoms. The first kappa shape index (κ1) is 13.8. The number of thiophene rings is 1. The van der Waals surface area contributed by atoms with Crippen LogP contribution in [0.5, 0.6) is 0 Å². The van der Waals surface area contributed by atoms with Gasteiger partial charge in [-0.05, 0) is 63.6 Å². The number of aryl methyl sites for hydroxylation is 2. The summed E-state index contributed by atoms with van der Waals surface area (Å²) in [4.78, 5) is 3.19. The van der Waals surface area contributed by atoms with Crippen LogP contribution in [0.2, 0.25) is 0 Å². The Morgan fingerprint density at radius 2 is 2.22 bits per heavy atom. The first-order valence-electron chi connectivity index (χ1n) is 7.20. The minimum absolute atomic E-state index is 0.530. The van der Waals surface area contributed by atoms with Gasteiger partial charge in [0, 0.05) is 15.8 Å². The van der Waals surface area contributed by atoms with Crippen LogP contribution in [0.1, 0.15) is 60.9 Å². The molecule has 1 aliphatic rings. The highest BCUT2D eigenvalue weighted by Gasteiger charge is 2.18. The van der Waals surface area contributed by atoms with E-state index in [1.807, 2.05) is 11.3 Å². The number of hydrogen-bond acceptors (Lipinski definition) is 2. The molecular formula is C16H25NS. The van der Waals surface area contributed by atoms with Crippen LogP contribution in [0.25, 0.3) is 0 Å². The molecule has 1 N–H and O–H groups in total. The van der Waals surface area contributed by atoms with Gasteiger partial charge in [0.05, 0.1) is 0 Å². The summed E-state index contributed by atoms with van der Waals surface area (Å²) < 4.78 is 0. The summed E-state index contributed by atoms with van der Waals surface area (Å²) in [5.41, 5.74) is 2.92.